The van der Waals surface area contributed by atoms with Gasteiger partial charge in [0.05, 0.1) is 30.6 Å². The molecule has 0 aromatic heterocycles. The van der Waals surface area contributed by atoms with Crippen LogP contribution < -0.4 is 9.64 Å². The molecule has 4 rings (SSSR count). The minimum Gasteiger partial charge on any atom is -0.494 e. The summed E-state index contributed by atoms with van der Waals surface area (Å²) < 4.78 is 30.4. The lowest BCUT2D eigenvalue weighted by molar-refractivity contribution is -0.117. The van der Waals surface area contributed by atoms with E-state index in [-0.39, 0.29) is 35.1 Å². The maximum Gasteiger partial charge on any atom is 0.252 e. The second kappa shape index (κ2) is 9.67. The van der Waals surface area contributed by atoms with Crippen LogP contribution in [0.5, 0.6) is 5.75 Å². The zero-order valence-corrected chi connectivity index (χ0v) is 20.0. The van der Waals surface area contributed by atoms with Gasteiger partial charge in [-0.15, -0.1) is 0 Å². The SMILES string of the molecule is CCCCOc1cccc(N2C(=NC(=O)Cc3ccc(C)cc3)S[C@H]3CS(=O)(=O)C[C@H]32)c1. The van der Waals surface area contributed by atoms with Crippen LogP contribution in [-0.4, -0.2) is 48.9 Å². The molecule has 2 aliphatic heterocycles. The van der Waals surface area contributed by atoms with E-state index in [1.807, 2.05) is 60.4 Å². The summed E-state index contributed by atoms with van der Waals surface area (Å²) in [5.74, 6) is 0.670. The third-order valence-electron chi connectivity index (χ3n) is 5.63. The average molecular weight is 473 g/mol. The summed E-state index contributed by atoms with van der Waals surface area (Å²) in [4.78, 5) is 19.1. The molecule has 170 valence electrons. The van der Waals surface area contributed by atoms with Crippen molar-refractivity contribution >= 4 is 38.4 Å². The number of ether oxygens (including phenoxy) is 1. The van der Waals surface area contributed by atoms with Crippen molar-refractivity contribution in [3.63, 3.8) is 0 Å². The Labute approximate surface area is 194 Å². The predicted molar refractivity (Wildman–Crippen MR) is 130 cm³/mol. The maximum atomic E-state index is 12.7. The minimum atomic E-state index is -3.11. The molecule has 2 heterocycles. The molecule has 0 saturated carbocycles. The van der Waals surface area contributed by atoms with Crippen molar-refractivity contribution < 1.29 is 17.9 Å². The van der Waals surface area contributed by atoms with Crippen molar-refractivity contribution in [3.8, 4) is 5.75 Å². The van der Waals surface area contributed by atoms with Crippen molar-refractivity contribution in [3.05, 3.63) is 59.7 Å². The van der Waals surface area contributed by atoms with Crippen LogP contribution in [0, 0.1) is 6.92 Å². The number of benzene rings is 2. The van der Waals surface area contributed by atoms with Gasteiger partial charge in [0.15, 0.2) is 15.0 Å². The van der Waals surface area contributed by atoms with Crippen molar-refractivity contribution in [2.75, 3.05) is 23.0 Å². The molecule has 0 bridgehead atoms. The minimum absolute atomic E-state index is 0.0662. The Bertz CT molecular complexity index is 1110. The molecule has 2 saturated heterocycles. The van der Waals surface area contributed by atoms with E-state index >= 15 is 0 Å². The molecular formula is C24H28N2O4S2. The number of thioether (sulfide) groups is 1. The second-order valence-corrected chi connectivity index (χ2v) is 11.7. The van der Waals surface area contributed by atoms with Crippen LogP contribution in [0.25, 0.3) is 0 Å². The number of nitrogens with zero attached hydrogens (tertiary/aromatic N) is 2. The molecular weight excluding hydrogens is 444 g/mol. The fraction of sp³-hybridized carbons (Fsp3) is 0.417. The summed E-state index contributed by atoms with van der Waals surface area (Å²) >= 11 is 1.39. The summed E-state index contributed by atoms with van der Waals surface area (Å²) in [5, 5.41) is 0.438. The first kappa shape index (κ1) is 22.9. The molecule has 2 aromatic rings. The Hall–Kier alpha value is -2.32. The number of aliphatic imine (C=N–C) groups is 1. The fourth-order valence-electron chi connectivity index (χ4n) is 3.95. The van der Waals surface area contributed by atoms with Gasteiger partial charge in [-0.3, -0.25) is 4.79 Å². The fourth-order valence-corrected chi connectivity index (χ4v) is 7.88. The molecule has 2 aliphatic rings. The van der Waals surface area contributed by atoms with E-state index in [1.165, 1.54) is 11.8 Å². The van der Waals surface area contributed by atoms with Crippen molar-refractivity contribution in [1.82, 2.24) is 0 Å². The maximum absolute atomic E-state index is 12.7. The molecule has 0 aliphatic carbocycles. The highest BCUT2D eigenvalue weighted by atomic mass is 32.2. The number of carbonyl (C=O) groups is 1. The van der Waals surface area contributed by atoms with Crippen molar-refractivity contribution in [1.29, 1.82) is 0 Å². The van der Waals surface area contributed by atoms with Crippen LogP contribution in [0.3, 0.4) is 0 Å². The van der Waals surface area contributed by atoms with Crippen LogP contribution in [0.2, 0.25) is 0 Å². The lowest BCUT2D eigenvalue weighted by Gasteiger charge is -2.25. The summed E-state index contributed by atoms with van der Waals surface area (Å²) in [6, 6.07) is 15.2. The lowest BCUT2D eigenvalue weighted by atomic mass is 10.1. The number of aryl methyl sites for hydroxylation is 1. The number of carbonyl (C=O) groups excluding carboxylic acids is 1. The number of sulfone groups is 1. The number of rotatable bonds is 7. The molecule has 2 fully saturated rings. The highest BCUT2D eigenvalue weighted by molar-refractivity contribution is 8.16. The van der Waals surface area contributed by atoms with Crippen molar-refractivity contribution in [2.45, 2.75) is 44.4 Å². The van der Waals surface area contributed by atoms with Gasteiger partial charge in [0.25, 0.3) is 5.91 Å². The smallest absolute Gasteiger partial charge is 0.252 e. The third-order valence-corrected chi connectivity index (χ3v) is 8.84. The van der Waals surface area contributed by atoms with E-state index in [0.29, 0.717) is 11.8 Å². The van der Waals surface area contributed by atoms with Gasteiger partial charge in [-0.25, -0.2) is 8.42 Å². The number of hydrogen-bond donors (Lipinski definition) is 0. The van der Waals surface area contributed by atoms with Crippen LogP contribution in [0.4, 0.5) is 5.69 Å². The molecule has 2 atom stereocenters. The quantitative estimate of drug-likeness (QED) is 0.567. The first-order chi connectivity index (χ1) is 15.3. The number of amidine groups is 1. The molecule has 0 unspecified atom stereocenters. The van der Waals surface area contributed by atoms with Gasteiger partial charge in [-0.2, -0.15) is 4.99 Å². The zero-order chi connectivity index (χ0) is 22.7. The summed E-state index contributed by atoms with van der Waals surface area (Å²) in [5.41, 5.74) is 2.85. The first-order valence-electron chi connectivity index (χ1n) is 10.9. The Morgan fingerprint density at radius 3 is 2.72 bits per heavy atom. The average Bonchev–Trinajstić information content (AvgIpc) is 3.20. The number of fused-ring (bicyclic) bond motifs is 1. The highest BCUT2D eigenvalue weighted by Gasteiger charge is 2.49. The predicted octanol–water partition coefficient (Wildman–Crippen LogP) is 4.02. The first-order valence-corrected chi connectivity index (χ1v) is 13.6. The van der Waals surface area contributed by atoms with Gasteiger partial charge in [0.2, 0.25) is 0 Å². The van der Waals surface area contributed by atoms with Gasteiger partial charge in [-0.1, -0.05) is 61.0 Å². The largest absolute Gasteiger partial charge is 0.494 e. The molecule has 6 nitrogen and oxygen atoms in total. The molecule has 0 spiro atoms. The molecule has 0 N–H and O–H groups in total. The Morgan fingerprint density at radius 1 is 1.19 bits per heavy atom. The van der Waals surface area contributed by atoms with Crippen LogP contribution in [0.15, 0.2) is 53.5 Å². The lowest BCUT2D eigenvalue weighted by Crippen LogP contribution is -2.37. The van der Waals surface area contributed by atoms with E-state index in [1.54, 1.807) is 0 Å². The van der Waals surface area contributed by atoms with E-state index in [2.05, 4.69) is 11.9 Å². The zero-order valence-electron chi connectivity index (χ0n) is 18.4. The van der Waals surface area contributed by atoms with E-state index in [0.717, 1.165) is 35.4 Å². The molecule has 32 heavy (non-hydrogen) atoms. The Morgan fingerprint density at radius 2 is 1.97 bits per heavy atom. The number of hydrogen-bond acceptors (Lipinski definition) is 5. The molecule has 1 amide bonds. The summed E-state index contributed by atoms with van der Waals surface area (Å²) in [6.45, 7) is 4.75. The third kappa shape index (κ3) is 5.35. The highest BCUT2D eigenvalue weighted by Crippen LogP contribution is 2.41. The number of anilines is 1. The Balaban J connectivity index is 1.60. The summed E-state index contributed by atoms with van der Waals surface area (Å²) in [6.07, 6.45) is 2.23. The van der Waals surface area contributed by atoms with Crippen LogP contribution in [0.1, 0.15) is 30.9 Å². The van der Waals surface area contributed by atoms with Crippen molar-refractivity contribution in [2.24, 2.45) is 4.99 Å². The standard InChI is InChI=1S/C24H28N2O4S2/c1-3-4-12-30-20-7-5-6-19(14-20)26-21-15-32(28,29)16-22(21)31-24(26)25-23(27)13-18-10-8-17(2)9-11-18/h5-11,14,21-22H,3-4,12-13,15-16H2,1-2H3/t21-,22+/m1/s1. The monoisotopic (exact) mass is 472 g/mol. The van der Waals surface area contributed by atoms with E-state index in [9.17, 15) is 13.2 Å². The number of amides is 1. The molecule has 8 heteroatoms. The molecule has 0 radical (unpaired) electrons. The normalized spacial score (nSPS) is 22.8. The van der Waals surface area contributed by atoms with Gasteiger partial charge in [0, 0.05) is 17.0 Å². The van der Waals surface area contributed by atoms with Gasteiger partial charge in [0.1, 0.15) is 5.75 Å². The van der Waals surface area contributed by atoms with Gasteiger partial charge < -0.3 is 9.64 Å². The summed E-state index contributed by atoms with van der Waals surface area (Å²) in [7, 11) is -3.11. The van der Waals surface area contributed by atoms with Gasteiger partial charge in [-0.05, 0) is 31.0 Å². The van der Waals surface area contributed by atoms with E-state index in [4.69, 9.17) is 4.74 Å². The topological polar surface area (TPSA) is 76.0 Å². The van der Waals surface area contributed by atoms with Crippen LogP contribution >= 0.6 is 11.8 Å². The number of unbranched alkanes of at least 4 members (excludes halogenated alkanes) is 1. The van der Waals surface area contributed by atoms with Gasteiger partial charge >= 0.3 is 0 Å². The van der Waals surface area contributed by atoms with E-state index < -0.39 is 9.84 Å². The second-order valence-electron chi connectivity index (χ2n) is 8.32. The molecule has 2 aromatic carbocycles. The Kier molecular flexibility index (Phi) is 6.90. The van der Waals surface area contributed by atoms with Crippen LogP contribution in [-0.2, 0) is 21.1 Å².